The summed E-state index contributed by atoms with van der Waals surface area (Å²) in [5, 5.41) is 9.36. The van der Waals surface area contributed by atoms with E-state index in [9.17, 15) is 10.1 Å². The molecule has 0 radical (unpaired) electrons. The Balaban J connectivity index is 2.10. The van der Waals surface area contributed by atoms with Gasteiger partial charge in [-0.15, -0.1) is 0 Å². The maximum Gasteiger partial charge on any atom is 0.171 e. The Morgan fingerprint density at radius 1 is 1.04 bits per heavy atom. The molecule has 0 aliphatic heterocycles. The number of carbonyl (C=O) groups is 1. The van der Waals surface area contributed by atoms with Crippen LogP contribution in [-0.4, -0.2) is 27.1 Å². The molecule has 122 valence electrons. The molecule has 0 saturated carbocycles. The SMILES string of the molecule is COc1ccc2c(c1)CC(c1cc(OC)cc(C#N)c1OC)C2=O. The van der Waals surface area contributed by atoms with Crippen LogP contribution in [0.1, 0.15) is 33.0 Å². The number of methoxy groups -OCH3 is 3. The minimum atomic E-state index is -0.399. The largest absolute Gasteiger partial charge is 0.497 e. The number of carbonyl (C=O) groups excluding carboxylic acids is 1. The van der Waals surface area contributed by atoms with Gasteiger partial charge in [0.2, 0.25) is 0 Å². The van der Waals surface area contributed by atoms with Crippen molar-refractivity contribution in [3.05, 3.63) is 52.6 Å². The number of nitriles is 1. The molecule has 5 heteroatoms. The number of fused-ring (bicyclic) bond motifs is 1. The molecule has 0 aromatic heterocycles. The van der Waals surface area contributed by atoms with Gasteiger partial charge in [-0.3, -0.25) is 4.79 Å². The van der Waals surface area contributed by atoms with Gasteiger partial charge in [0.25, 0.3) is 0 Å². The van der Waals surface area contributed by atoms with Gasteiger partial charge in [0.1, 0.15) is 23.3 Å². The van der Waals surface area contributed by atoms with Crippen molar-refractivity contribution in [2.75, 3.05) is 21.3 Å². The molecule has 0 bridgehead atoms. The maximum atomic E-state index is 12.8. The molecule has 0 N–H and O–H groups in total. The molecule has 0 heterocycles. The molecule has 1 unspecified atom stereocenters. The third-order valence-electron chi connectivity index (χ3n) is 4.35. The van der Waals surface area contributed by atoms with Crippen molar-refractivity contribution in [1.82, 2.24) is 0 Å². The average Bonchev–Trinajstić information content (AvgIpc) is 2.96. The van der Waals surface area contributed by atoms with Crippen LogP contribution in [0.2, 0.25) is 0 Å². The summed E-state index contributed by atoms with van der Waals surface area (Å²) in [6, 6.07) is 10.9. The van der Waals surface area contributed by atoms with Crippen molar-refractivity contribution >= 4 is 5.78 Å². The predicted octanol–water partition coefficient (Wildman–Crippen LogP) is 3.11. The lowest BCUT2D eigenvalue weighted by Gasteiger charge is -2.16. The lowest BCUT2D eigenvalue weighted by atomic mass is 9.92. The number of nitrogens with zero attached hydrogens (tertiary/aromatic N) is 1. The fourth-order valence-corrected chi connectivity index (χ4v) is 3.17. The Morgan fingerprint density at radius 3 is 2.42 bits per heavy atom. The first kappa shape index (κ1) is 15.9. The Labute approximate surface area is 140 Å². The summed E-state index contributed by atoms with van der Waals surface area (Å²) in [4.78, 5) is 12.8. The summed E-state index contributed by atoms with van der Waals surface area (Å²) in [6.07, 6.45) is 0.541. The molecule has 3 rings (SSSR count). The van der Waals surface area contributed by atoms with Crippen molar-refractivity contribution < 1.29 is 19.0 Å². The Kier molecular flexibility index (Phi) is 4.13. The molecular formula is C19H17NO4. The molecule has 24 heavy (non-hydrogen) atoms. The Hall–Kier alpha value is -3.00. The van der Waals surface area contributed by atoms with Crippen LogP contribution in [0.4, 0.5) is 0 Å². The normalized spacial score (nSPS) is 15.6. The Bertz CT molecular complexity index is 851. The molecule has 5 nitrogen and oxygen atoms in total. The van der Waals surface area contributed by atoms with E-state index in [0.29, 0.717) is 34.6 Å². The minimum Gasteiger partial charge on any atom is -0.497 e. The van der Waals surface area contributed by atoms with E-state index in [1.54, 1.807) is 31.4 Å². The first-order valence-corrected chi connectivity index (χ1v) is 7.50. The molecule has 1 aliphatic rings. The van der Waals surface area contributed by atoms with Crippen LogP contribution in [0, 0.1) is 11.3 Å². The number of rotatable bonds is 4. The standard InChI is InChI=1S/C19H17NO4/c1-22-13-4-5-15-11(6-13)8-16(18(15)21)17-9-14(23-2)7-12(10-20)19(17)24-3/h4-7,9,16H,8H2,1-3H3. The van der Waals surface area contributed by atoms with Gasteiger partial charge in [0, 0.05) is 17.2 Å². The van der Waals surface area contributed by atoms with Crippen molar-refractivity contribution in [2.45, 2.75) is 12.3 Å². The quantitative estimate of drug-likeness (QED) is 0.865. The fraction of sp³-hybridized carbons (Fsp3) is 0.263. The first-order chi connectivity index (χ1) is 11.6. The van der Waals surface area contributed by atoms with Crippen molar-refractivity contribution in [3.8, 4) is 23.3 Å². The van der Waals surface area contributed by atoms with Gasteiger partial charge in [0.15, 0.2) is 5.78 Å². The van der Waals surface area contributed by atoms with Gasteiger partial charge in [0.05, 0.1) is 32.8 Å². The zero-order chi connectivity index (χ0) is 17.3. The highest BCUT2D eigenvalue weighted by molar-refractivity contribution is 6.06. The second-order valence-electron chi connectivity index (χ2n) is 5.55. The first-order valence-electron chi connectivity index (χ1n) is 7.50. The van der Waals surface area contributed by atoms with Gasteiger partial charge in [-0.05, 0) is 36.2 Å². The monoisotopic (exact) mass is 323 g/mol. The van der Waals surface area contributed by atoms with Crippen LogP contribution in [0.25, 0.3) is 0 Å². The molecule has 0 fully saturated rings. The van der Waals surface area contributed by atoms with Crippen molar-refractivity contribution in [2.24, 2.45) is 0 Å². The van der Waals surface area contributed by atoms with Crippen LogP contribution >= 0.6 is 0 Å². The summed E-state index contributed by atoms with van der Waals surface area (Å²) >= 11 is 0. The van der Waals surface area contributed by atoms with E-state index in [1.807, 2.05) is 6.07 Å². The van der Waals surface area contributed by atoms with Gasteiger partial charge in [-0.2, -0.15) is 5.26 Å². The average molecular weight is 323 g/mol. The van der Waals surface area contributed by atoms with Crippen LogP contribution in [0.3, 0.4) is 0 Å². The van der Waals surface area contributed by atoms with E-state index < -0.39 is 5.92 Å². The van der Waals surface area contributed by atoms with E-state index >= 15 is 0 Å². The van der Waals surface area contributed by atoms with Gasteiger partial charge >= 0.3 is 0 Å². The highest BCUT2D eigenvalue weighted by atomic mass is 16.5. The van der Waals surface area contributed by atoms with Crippen molar-refractivity contribution in [3.63, 3.8) is 0 Å². The smallest absolute Gasteiger partial charge is 0.171 e. The number of ether oxygens (including phenoxy) is 3. The molecule has 0 amide bonds. The van der Waals surface area contributed by atoms with Crippen LogP contribution < -0.4 is 14.2 Å². The fourth-order valence-electron chi connectivity index (χ4n) is 3.17. The molecule has 1 atom stereocenters. The summed E-state index contributed by atoms with van der Waals surface area (Å²) < 4.78 is 15.9. The van der Waals surface area contributed by atoms with E-state index in [0.717, 1.165) is 11.3 Å². The van der Waals surface area contributed by atoms with E-state index in [-0.39, 0.29) is 5.78 Å². The number of hydrogen-bond acceptors (Lipinski definition) is 5. The molecule has 1 aliphatic carbocycles. The minimum absolute atomic E-state index is 0.0168. The van der Waals surface area contributed by atoms with E-state index in [1.165, 1.54) is 14.2 Å². The number of benzene rings is 2. The second-order valence-corrected chi connectivity index (χ2v) is 5.55. The molecule has 2 aromatic rings. The molecule has 0 spiro atoms. The third kappa shape index (κ3) is 2.46. The zero-order valence-corrected chi connectivity index (χ0v) is 13.8. The van der Waals surface area contributed by atoms with Gasteiger partial charge in [-0.1, -0.05) is 0 Å². The van der Waals surface area contributed by atoms with Crippen molar-refractivity contribution in [1.29, 1.82) is 5.26 Å². The zero-order valence-electron chi connectivity index (χ0n) is 13.8. The molecular weight excluding hydrogens is 306 g/mol. The summed E-state index contributed by atoms with van der Waals surface area (Å²) in [6.45, 7) is 0. The molecule has 2 aromatic carbocycles. The second kappa shape index (κ2) is 6.25. The number of hydrogen-bond donors (Lipinski definition) is 0. The van der Waals surface area contributed by atoms with Crippen LogP contribution in [-0.2, 0) is 6.42 Å². The number of Topliss-reactive ketones (excluding diaryl/α,β-unsaturated/α-hetero) is 1. The van der Waals surface area contributed by atoms with Crippen LogP contribution in [0.15, 0.2) is 30.3 Å². The Morgan fingerprint density at radius 2 is 1.79 bits per heavy atom. The lowest BCUT2D eigenvalue weighted by molar-refractivity contribution is 0.0971. The van der Waals surface area contributed by atoms with E-state index in [2.05, 4.69) is 6.07 Å². The predicted molar refractivity (Wildman–Crippen MR) is 88.0 cm³/mol. The summed E-state index contributed by atoms with van der Waals surface area (Å²) in [5.74, 6) is 1.30. The maximum absolute atomic E-state index is 12.8. The summed E-state index contributed by atoms with van der Waals surface area (Å²) in [7, 11) is 4.63. The topological polar surface area (TPSA) is 68.6 Å². The summed E-state index contributed by atoms with van der Waals surface area (Å²) in [5.41, 5.74) is 2.65. The highest BCUT2D eigenvalue weighted by Gasteiger charge is 2.35. The van der Waals surface area contributed by atoms with E-state index in [4.69, 9.17) is 14.2 Å². The lowest BCUT2D eigenvalue weighted by Crippen LogP contribution is -2.10. The van der Waals surface area contributed by atoms with Crippen LogP contribution in [0.5, 0.6) is 17.2 Å². The van der Waals surface area contributed by atoms with Gasteiger partial charge < -0.3 is 14.2 Å². The number of ketones is 1. The van der Waals surface area contributed by atoms with Gasteiger partial charge in [-0.25, -0.2) is 0 Å². The highest BCUT2D eigenvalue weighted by Crippen LogP contribution is 2.42. The molecule has 0 saturated heterocycles. The third-order valence-corrected chi connectivity index (χ3v) is 4.35.